The molecule has 0 aliphatic heterocycles. The maximum Gasteiger partial charge on any atom is 0.0561 e. The maximum atomic E-state index is 5.88. The van der Waals surface area contributed by atoms with Gasteiger partial charge in [0.15, 0.2) is 0 Å². The highest BCUT2D eigenvalue weighted by atomic mass is 32.1. The summed E-state index contributed by atoms with van der Waals surface area (Å²) in [5.74, 6) is 0. The SMILES string of the molecule is CN(CCc1cccs1)C(CN)c1cccs1. The van der Waals surface area contributed by atoms with Crippen molar-refractivity contribution >= 4 is 22.7 Å². The topological polar surface area (TPSA) is 29.3 Å². The van der Waals surface area contributed by atoms with Crippen molar-refractivity contribution in [2.45, 2.75) is 12.5 Å². The summed E-state index contributed by atoms with van der Waals surface area (Å²) in [7, 11) is 2.16. The molecule has 92 valence electrons. The highest BCUT2D eigenvalue weighted by Crippen LogP contribution is 2.23. The second-order valence-electron chi connectivity index (χ2n) is 4.08. The van der Waals surface area contributed by atoms with Crippen molar-refractivity contribution in [3.63, 3.8) is 0 Å². The van der Waals surface area contributed by atoms with E-state index in [1.807, 2.05) is 11.3 Å². The molecular formula is C13H18N2S2. The molecule has 0 radical (unpaired) electrons. The van der Waals surface area contributed by atoms with Gasteiger partial charge >= 0.3 is 0 Å². The molecule has 2 rings (SSSR count). The minimum Gasteiger partial charge on any atom is -0.329 e. The number of hydrogen-bond acceptors (Lipinski definition) is 4. The van der Waals surface area contributed by atoms with Gasteiger partial charge in [-0.15, -0.1) is 22.7 Å². The van der Waals surface area contributed by atoms with Gasteiger partial charge in [0.1, 0.15) is 0 Å². The predicted molar refractivity (Wildman–Crippen MR) is 76.8 cm³/mol. The first-order chi connectivity index (χ1) is 8.31. The van der Waals surface area contributed by atoms with Crippen LogP contribution in [-0.4, -0.2) is 25.0 Å². The Labute approximate surface area is 111 Å². The summed E-state index contributed by atoms with van der Waals surface area (Å²) in [6.45, 7) is 1.74. The molecule has 0 aromatic carbocycles. The maximum absolute atomic E-state index is 5.88. The van der Waals surface area contributed by atoms with Crippen LogP contribution in [0.5, 0.6) is 0 Å². The van der Waals surface area contributed by atoms with E-state index in [2.05, 4.69) is 47.0 Å². The van der Waals surface area contributed by atoms with Crippen molar-refractivity contribution in [2.75, 3.05) is 20.1 Å². The third-order valence-electron chi connectivity index (χ3n) is 2.92. The number of hydrogen-bond donors (Lipinski definition) is 1. The van der Waals surface area contributed by atoms with Gasteiger partial charge in [0.05, 0.1) is 6.04 Å². The zero-order valence-corrected chi connectivity index (χ0v) is 11.6. The molecular weight excluding hydrogens is 248 g/mol. The van der Waals surface area contributed by atoms with E-state index in [0.29, 0.717) is 12.6 Å². The fraction of sp³-hybridized carbons (Fsp3) is 0.385. The van der Waals surface area contributed by atoms with E-state index in [0.717, 1.165) is 13.0 Å². The molecule has 0 fully saturated rings. The lowest BCUT2D eigenvalue weighted by Crippen LogP contribution is -2.31. The fourth-order valence-electron chi connectivity index (χ4n) is 1.89. The van der Waals surface area contributed by atoms with Gasteiger partial charge in [0, 0.05) is 22.8 Å². The van der Waals surface area contributed by atoms with Gasteiger partial charge in [0.25, 0.3) is 0 Å². The molecule has 0 bridgehead atoms. The summed E-state index contributed by atoms with van der Waals surface area (Å²) < 4.78 is 0. The molecule has 4 heteroatoms. The van der Waals surface area contributed by atoms with E-state index >= 15 is 0 Å². The molecule has 2 nitrogen and oxygen atoms in total. The number of rotatable bonds is 6. The van der Waals surface area contributed by atoms with Crippen molar-refractivity contribution in [1.82, 2.24) is 4.90 Å². The molecule has 2 aromatic rings. The van der Waals surface area contributed by atoms with Crippen LogP contribution in [0.2, 0.25) is 0 Å². The largest absolute Gasteiger partial charge is 0.329 e. The summed E-state index contributed by atoms with van der Waals surface area (Å²) in [4.78, 5) is 5.16. The molecule has 0 saturated carbocycles. The summed E-state index contributed by atoms with van der Waals surface area (Å²) in [6, 6.07) is 8.93. The average Bonchev–Trinajstić information content (AvgIpc) is 3.00. The first-order valence-corrected chi connectivity index (χ1v) is 7.53. The summed E-state index contributed by atoms with van der Waals surface area (Å²) >= 11 is 3.61. The Morgan fingerprint density at radius 1 is 1.24 bits per heavy atom. The summed E-state index contributed by atoms with van der Waals surface area (Å²) in [6.07, 6.45) is 1.11. The van der Waals surface area contributed by atoms with Crippen molar-refractivity contribution in [2.24, 2.45) is 5.73 Å². The van der Waals surface area contributed by atoms with Crippen LogP contribution < -0.4 is 5.73 Å². The molecule has 2 aromatic heterocycles. The predicted octanol–water partition coefficient (Wildman–Crippen LogP) is 2.98. The van der Waals surface area contributed by atoms with Crippen LogP contribution in [0, 0.1) is 0 Å². The second kappa shape index (κ2) is 6.31. The van der Waals surface area contributed by atoms with Gasteiger partial charge < -0.3 is 5.73 Å². The molecule has 0 aliphatic rings. The second-order valence-corrected chi connectivity index (χ2v) is 6.09. The Morgan fingerprint density at radius 2 is 2.00 bits per heavy atom. The van der Waals surface area contributed by atoms with E-state index < -0.39 is 0 Å². The Morgan fingerprint density at radius 3 is 2.59 bits per heavy atom. The van der Waals surface area contributed by atoms with Crippen LogP contribution in [0.15, 0.2) is 35.0 Å². The van der Waals surface area contributed by atoms with Gasteiger partial charge in [-0.2, -0.15) is 0 Å². The third-order valence-corrected chi connectivity index (χ3v) is 4.83. The Kier molecular flexibility index (Phi) is 4.74. The first kappa shape index (κ1) is 12.8. The van der Waals surface area contributed by atoms with Gasteiger partial charge in [-0.25, -0.2) is 0 Å². The zero-order chi connectivity index (χ0) is 12.1. The van der Waals surface area contributed by atoms with Crippen molar-refractivity contribution in [3.8, 4) is 0 Å². The molecule has 0 aliphatic carbocycles. The van der Waals surface area contributed by atoms with Crippen LogP contribution >= 0.6 is 22.7 Å². The molecule has 2 heterocycles. The molecule has 1 unspecified atom stereocenters. The van der Waals surface area contributed by atoms with Crippen LogP contribution in [0.25, 0.3) is 0 Å². The number of thiophene rings is 2. The number of likely N-dealkylation sites (N-methyl/N-ethyl adjacent to an activating group) is 1. The Bertz CT molecular complexity index is 409. The normalized spacial score (nSPS) is 13.1. The van der Waals surface area contributed by atoms with E-state index in [1.54, 1.807) is 11.3 Å². The highest BCUT2D eigenvalue weighted by molar-refractivity contribution is 7.10. The van der Waals surface area contributed by atoms with Gasteiger partial charge in [0.2, 0.25) is 0 Å². The lowest BCUT2D eigenvalue weighted by atomic mass is 10.2. The van der Waals surface area contributed by atoms with E-state index in [4.69, 9.17) is 5.73 Å². The molecule has 0 saturated heterocycles. The van der Waals surface area contributed by atoms with Crippen LogP contribution in [0.1, 0.15) is 15.8 Å². The van der Waals surface area contributed by atoms with Crippen molar-refractivity contribution < 1.29 is 0 Å². The molecule has 17 heavy (non-hydrogen) atoms. The average molecular weight is 266 g/mol. The van der Waals surface area contributed by atoms with Gasteiger partial charge in [-0.05, 0) is 36.4 Å². The standard InChI is InChI=1S/C13H18N2S2/c1-15(7-6-11-4-2-8-16-11)12(10-14)13-5-3-9-17-13/h2-5,8-9,12H,6-7,10,14H2,1H3. The van der Waals surface area contributed by atoms with E-state index in [-0.39, 0.29) is 0 Å². The number of nitrogens with two attached hydrogens (primary N) is 1. The molecule has 1 atom stereocenters. The summed E-state index contributed by atoms with van der Waals surface area (Å²) in [5.41, 5.74) is 5.88. The monoisotopic (exact) mass is 266 g/mol. The highest BCUT2D eigenvalue weighted by Gasteiger charge is 2.15. The molecule has 0 amide bonds. The fourth-order valence-corrected chi connectivity index (χ4v) is 3.49. The van der Waals surface area contributed by atoms with Crippen molar-refractivity contribution in [1.29, 1.82) is 0 Å². The number of nitrogens with zero attached hydrogens (tertiary/aromatic N) is 1. The first-order valence-electron chi connectivity index (χ1n) is 5.77. The summed E-state index contributed by atoms with van der Waals surface area (Å²) in [5, 5.41) is 4.25. The van der Waals surface area contributed by atoms with Gasteiger partial charge in [-0.1, -0.05) is 12.1 Å². The quantitative estimate of drug-likeness (QED) is 0.871. The van der Waals surface area contributed by atoms with Crippen LogP contribution in [0.4, 0.5) is 0 Å². The van der Waals surface area contributed by atoms with Crippen molar-refractivity contribution in [3.05, 3.63) is 44.8 Å². The Hall–Kier alpha value is -0.680. The molecule has 2 N–H and O–H groups in total. The smallest absolute Gasteiger partial charge is 0.0561 e. The van der Waals surface area contributed by atoms with Crippen LogP contribution in [-0.2, 0) is 6.42 Å². The minimum absolute atomic E-state index is 0.356. The Balaban J connectivity index is 1.91. The molecule has 0 spiro atoms. The van der Waals surface area contributed by atoms with E-state index in [9.17, 15) is 0 Å². The van der Waals surface area contributed by atoms with E-state index in [1.165, 1.54) is 9.75 Å². The van der Waals surface area contributed by atoms with Gasteiger partial charge in [-0.3, -0.25) is 4.90 Å². The lowest BCUT2D eigenvalue weighted by Gasteiger charge is -2.25. The zero-order valence-electron chi connectivity index (χ0n) is 10.0. The lowest BCUT2D eigenvalue weighted by molar-refractivity contribution is 0.257. The minimum atomic E-state index is 0.356. The van der Waals surface area contributed by atoms with Crippen LogP contribution in [0.3, 0.4) is 0 Å². The third kappa shape index (κ3) is 3.39.